The van der Waals surface area contributed by atoms with Crippen LogP contribution in [0.25, 0.3) is 22.2 Å². The van der Waals surface area contributed by atoms with E-state index in [4.69, 9.17) is 4.74 Å². The van der Waals surface area contributed by atoms with Crippen LogP contribution in [-0.2, 0) is 11.2 Å². The fourth-order valence-electron chi connectivity index (χ4n) is 3.88. The minimum Gasteiger partial charge on any atom is -0.433 e. The van der Waals surface area contributed by atoms with Crippen LogP contribution in [0.2, 0.25) is 0 Å². The molecule has 5 rings (SSSR count). The van der Waals surface area contributed by atoms with Gasteiger partial charge in [-0.15, -0.1) is 0 Å². The summed E-state index contributed by atoms with van der Waals surface area (Å²) >= 11 is 0. The van der Waals surface area contributed by atoms with Gasteiger partial charge in [0.25, 0.3) is 0 Å². The van der Waals surface area contributed by atoms with Gasteiger partial charge in [-0.2, -0.15) is 0 Å². The first-order chi connectivity index (χ1) is 13.3. The van der Waals surface area contributed by atoms with E-state index >= 15 is 0 Å². The monoisotopic (exact) mass is 353 g/mol. The molecule has 0 saturated carbocycles. The molecular weight excluding hydrogens is 334 g/mol. The van der Waals surface area contributed by atoms with Gasteiger partial charge >= 0.3 is 5.97 Å². The molecule has 0 spiro atoms. The molecule has 0 bridgehead atoms. The van der Waals surface area contributed by atoms with Crippen molar-refractivity contribution < 1.29 is 9.53 Å². The number of aromatic nitrogens is 1. The van der Waals surface area contributed by atoms with Crippen molar-refractivity contribution in [3.8, 4) is 11.3 Å². The molecule has 0 fully saturated rings. The number of carbonyl (C=O) groups excluding carboxylic acids is 1. The lowest BCUT2D eigenvalue weighted by Gasteiger charge is -2.18. The summed E-state index contributed by atoms with van der Waals surface area (Å²) in [5.41, 5.74) is 6.08. The van der Waals surface area contributed by atoms with E-state index in [2.05, 4.69) is 54.0 Å². The van der Waals surface area contributed by atoms with Crippen LogP contribution >= 0.6 is 0 Å². The summed E-state index contributed by atoms with van der Waals surface area (Å²) in [5, 5.41) is 1.13. The van der Waals surface area contributed by atoms with Crippen LogP contribution in [0.4, 0.5) is 0 Å². The van der Waals surface area contributed by atoms with Crippen LogP contribution in [-0.4, -0.2) is 10.5 Å². The third-order valence-electron chi connectivity index (χ3n) is 5.31. The van der Waals surface area contributed by atoms with Gasteiger partial charge in [0.05, 0.1) is 16.8 Å². The van der Waals surface area contributed by atoms with Crippen molar-refractivity contribution in [2.45, 2.75) is 19.6 Å². The molecule has 1 atom stereocenters. The number of carbonyl (C=O) groups is 1. The fourth-order valence-corrected chi connectivity index (χ4v) is 3.88. The number of rotatable bonds is 3. The number of para-hydroxylation sites is 1. The molecule has 1 unspecified atom stereocenters. The second-order valence-electron chi connectivity index (χ2n) is 6.85. The first-order valence-electron chi connectivity index (χ1n) is 9.25. The highest BCUT2D eigenvalue weighted by Crippen LogP contribution is 2.39. The number of hydrogen-bond acceptors (Lipinski definition) is 2. The highest BCUT2D eigenvalue weighted by Gasteiger charge is 2.33. The van der Waals surface area contributed by atoms with E-state index in [1.807, 2.05) is 36.4 Å². The predicted octanol–water partition coefficient (Wildman–Crippen LogP) is 5.59. The van der Waals surface area contributed by atoms with E-state index in [0.29, 0.717) is 5.56 Å². The number of benzene rings is 3. The largest absolute Gasteiger partial charge is 0.433 e. The van der Waals surface area contributed by atoms with Crippen LogP contribution in [0.5, 0.6) is 0 Å². The van der Waals surface area contributed by atoms with Crippen LogP contribution in [0.15, 0.2) is 78.9 Å². The SMILES string of the molecule is CCc1ccc(-c2cc3ccccc3n2C2OC(=O)c3ccccc32)cc1. The second kappa shape index (κ2) is 6.13. The summed E-state index contributed by atoms with van der Waals surface area (Å²) in [6.45, 7) is 2.15. The quantitative estimate of drug-likeness (QED) is 0.450. The number of esters is 1. The van der Waals surface area contributed by atoms with Gasteiger partial charge in [0.1, 0.15) is 0 Å². The number of aryl methyl sites for hydroxylation is 1. The van der Waals surface area contributed by atoms with E-state index in [1.165, 1.54) is 5.56 Å². The van der Waals surface area contributed by atoms with Crippen molar-refractivity contribution in [3.05, 3.63) is 95.6 Å². The lowest BCUT2D eigenvalue weighted by atomic mass is 10.1. The summed E-state index contributed by atoms with van der Waals surface area (Å²) in [6, 6.07) is 26.6. The molecule has 2 heterocycles. The Morgan fingerprint density at radius 2 is 1.67 bits per heavy atom. The van der Waals surface area contributed by atoms with Crippen LogP contribution in [0.1, 0.15) is 34.6 Å². The summed E-state index contributed by atoms with van der Waals surface area (Å²) in [4.78, 5) is 12.4. The second-order valence-corrected chi connectivity index (χ2v) is 6.85. The zero-order valence-electron chi connectivity index (χ0n) is 15.1. The third kappa shape index (κ3) is 2.47. The molecule has 0 amide bonds. The maximum absolute atomic E-state index is 12.4. The van der Waals surface area contributed by atoms with E-state index in [0.717, 1.165) is 34.1 Å². The van der Waals surface area contributed by atoms with Crippen molar-refractivity contribution in [2.75, 3.05) is 0 Å². The molecule has 0 aliphatic carbocycles. The lowest BCUT2D eigenvalue weighted by molar-refractivity contribution is 0.0335. The van der Waals surface area contributed by atoms with Gasteiger partial charge < -0.3 is 9.30 Å². The minimum atomic E-state index is -0.450. The molecule has 1 aliphatic rings. The Balaban J connectivity index is 1.75. The summed E-state index contributed by atoms with van der Waals surface area (Å²) < 4.78 is 7.95. The zero-order chi connectivity index (χ0) is 18.4. The van der Waals surface area contributed by atoms with Crippen LogP contribution in [0, 0.1) is 0 Å². The topological polar surface area (TPSA) is 31.2 Å². The van der Waals surface area contributed by atoms with Gasteiger partial charge in [-0.05, 0) is 35.7 Å². The smallest absolute Gasteiger partial charge is 0.340 e. The molecule has 3 nitrogen and oxygen atoms in total. The van der Waals surface area contributed by atoms with Gasteiger partial charge in [0.15, 0.2) is 0 Å². The summed E-state index contributed by atoms with van der Waals surface area (Å²) in [7, 11) is 0. The highest BCUT2D eigenvalue weighted by molar-refractivity contribution is 5.95. The maximum atomic E-state index is 12.4. The standard InChI is InChI=1S/C24H19NO2/c1-2-16-11-13-17(14-12-16)22-15-18-7-3-6-10-21(18)25(22)23-19-8-4-5-9-20(19)24(26)27-23/h3-15,23H,2H2,1H3. The molecule has 0 N–H and O–H groups in total. The molecule has 132 valence electrons. The molecule has 3 heteroatoms. The molecule has 1 aliphatic heterocycles. The number of hydrogen-bond donors (Lipinski definition) is 0. The highest BCUT2D eigenvalue weighted by atomic mass is 16.6. The number of nitrogens with zero attached hydrogens (tertiary/aromatic N) is 1. The minimum absolute atomic E-state index is 0.263. The number of fused-ring (bicyclic) bond motifs is 2. The fraction of sp³-hybridized carbons (Fsp3) is 0.125. The molecule has 0 saturated heterocycles. The maximum Gasteiger partial charge on any atom is 0.340 e. The Labute approximate surface area is 157 Å². The Bertz CT molecular complexity index is 1150. The molecule has 3 aromatic carbocycles. The lowest BCUT2D eigenvalue weighted by Crippen LogP contribution is -2.11. The van der Waals surface area contributed by atoms with E-state index < -0.39 is 6.23 Å². The first-order valence-corrected chi connectivity index (χ1v) is 9.25. The van der Waals surface area contributed by atoms with Gasteiger partial charge in [-0.25, -0.2) is 4.79 Å². The number of cyclic esters (lactones) is 1. The summed E-state index contributed by atoms with van der Waals surface area (Å²) in [6.07, 6.45) is 0.561. The third-order valence-corrected chi connectivity index (χ3v) is 5.31. The Hall–Kier alpha value is -3.33. The summed E-state index contributed by atoms with van der Waals surface area (Å²) in [5.74, 6) is -0.263. The van der Waals surface area contributed by atoms with Crippen LogP contribution < -0.4 is 0 Å². The molecule has 0 radical (unpaired) electrons. The normalized spacial score (nSPS) is 15.7. The van der Waals surface area contributed by atoms with E-state index in [9.17, 15) is 4.79 Å². The zero-order valence-corrected chi connectivity index (χ0v) is 15.1. The van der Waals surface area contributed by atoms with E-state index in [1.54, 1.807) is 0 Å². The van der Waals surface area contributed by atoms with Crippen molar-refractivity contribution in [3.63, 3.8) is 0 Å². The van der Waals surface area contributed by atoms with Crippen molar-refractivity contribution in [2.24, 2.45) is 0 Å². The van der Waals surface area contributed by atoms with Crippen molar-refractivity contribution in [1.82, 2.24) is 4.57 Å². The van der Waals surface area contributed by atoms with Crippen molar-refractivity contribution in [1.29, 1.82) is 0 Å². The Morgan fingerprint density at radius 1 is 0.926 bits per heavy atom. The predicted molar refractivity (Wildman–Crippen MR) is 107 cm³/mol. The van der Waals surface area contributed by atoms with Gasteiger partial charge in [0.2, 0.25) is 6.23 Å². The van der Waals surface area contributed by atoms with Gasteiger partial charge in [0, 0.05) is 10.9 Å². The Morgan fingerprint density at radius 3 is 2.48 bits per heavy atom. The molecule has 27 heavy (non-hydrogen) atoms. The molecule has 1 aromatic heterocycles. The first kappa shape index (κ1) is 15.9. The average Bonchev–Trinajstić information content (AvgIpc) is 3.26. The number of ether oxygens (including phenoxy) is 1. The Kier molecular flexibility index (Phi) is 3.61. The van der Waals surface area contributed by atoms with Gasteiger partial charge in [-0.3, -0.25) is 0 Å². The van der Waals surface area contributed by atoms with Crippen molar-refractivity contribution >= 4 is 16.9 Å². The average molecular weight is 353 g/mol. The molecular formula is C24H19NO2. The molecule has 4 aromatic rings. The van der Waals surface area contributed by atoms with Gasteiger partial charge in [-0.1, -0.05) is 67.6 Å². The van der Waals surface area contributed by atoms with E-state index in [-0.39, 0.29) is 5.97 Å². The van der Waals surface area contributed by atoms with Crippen LogP contribution in [0.3, 0.4) is 0 Å².